The average Bonchev–Trinajstić information content (AvgIpc) is 2.80. The maximum Gasteiger partial charge on any atom is 0.299 e. The number of aryl methyl sites for hydroxylation is 1. The second-order valence-corrected chi connectivity index (χ2v) is 4.61. The molecule has 0 amide bonds. The highest BCUT2D eigenvalue weighted by molar-refractivity contribution is 5.83. The molecule has 6 heteroatoms. The van der Waals surface area contributed by atoms with Gasteiger partial charge in [-0.25, -0.2) is 0 Å². The van der Waals surface area contributed by atoms with E-state index in [9.17, 15) is 10.1 Å². The van der Waals surface area contributed by atoms with Gasteiger partial charge in [-0.15, -0.1) is 5.10 Å². The minimum Gasteiger partial charge on any atom is -0.258 e. The predicted octanol–water partition coefficient (Wildman–Crippen LogP) is 3.31. The van der Waals surface area contributed by atoms with Gasteiger partial charge < -0.3 is 0 Å². The van der Waals surface area contributed by atoms with Crippen LogP contribution in [0.2, 0.25) is 0 Å². The van der Waals surface area contributed by atoms with Crippen molar-refractivity contribution < 1.29 is 4.92 Å². The first-order valence-corrected chi connectivity index (χ1v) is 6.70. The van der Waals surface area contributed by atoms with E-state index in [1.165, 1.54) is 25.3 Å². The van der Waals surface area contributed by atoms with Gasteiger partial charge in [0.2, 0.25) is 0 Å². The zero-order valence-corrected chi connectivity index (χ0v) is 11.1. The van der Waals surface area contributed by atoms with Crippen LogP contribution in [0.3, 0.4) is 0 Å². The zero-order chi connectivity index (χ0) is 13.7. The smallest absolute Gasteiger partial charge is 0.258 e. The van der Waals surface area contributed by atoms with Crippen molar-refractivity contribution in [3.05, 3.63) is 28.3 Å². The van der Waals surface area contributed by atoms with Crippen molar-refractivity contribution in [2.75, 3.05) is 0 Å². The largest absolute Gasteiger partial charge is 0.299 e. The number of benzene rings is 1. The summed E-state index contributed by atoms with van der Waals surface area (Å²) in [5.74, 6) is 0. The van der Waals surface area contributed by atoms with Crippen LogP contribution in [0, 0.1) is 10.1 Å². The highest BCUT2D eigenvalue weighted by Gasteiger charge is 2.15. The predicted molar refractivity (Wildman–Crippen MR) is 72.9 cm³/mol. The van der Waals surface area contributed by atoms with Gasteiger partial charge in [0.15, 0.2) is 5.52 Å². The second kappa shape index (κ2) is 6.26. The number of non-ortho nitro benzene ring substituents is 1. The van der Waals surface area contributed by atoms with Gasteiger partial charge in [0.05, 0.1) is 11.5 Å². The van der Waals surface area contributed by atoms with Crippen molar-refractivity contribution in [2.45, 2.75) is 45.6 Å². The Bertz CT molecular complexity index is 565. The quantitative estimate of drug-likeness (QED) is 0.436. The highest BCUT2D eigenvalue weighted by Crippen LogP contribution is 2.21. The van der Waals surface area contributed by atoms with Gasteiger partial charge in [0, 0.05) is 6.07 Å². The Morgan fingerprint density at radius 3 is 2.74 bits per heavy atom. The summed E-state index contributed by atoms with van der Waals surface area (Å²) < 4.78 is 0. The van der Waals surface area contributed by atoms with Crippen LogP contribution in [-0.2, 0) is 6.54 Å². The Morgan fingerprint density at radius 1 is 1.21 bits per heavy atom. The van der Waals surface area contributed by atoms with E-state index in [0.717, 1.165) is 19.4 Å². The Morgan fingerprint density at radius 2 is 2.00 bits per heavy atom. The molecular weight excluding hydrogens is 244 g/mol. The number of fused-ring (bicyclic) bond motifs is 1. The lowest BCUT2D eigenvalue weighted by Crippen LogP contribution is -2.02. The molecule has 1 heterocycles. The summed E-state index contributed by atoms with van der Waals surface area (Å²) in [6.45, 7) is 2.90. The molecule has 2 rings (SSSR count). The Balaban J connectivity index is 2.05. The number of aromatic nitrogens is 3. The van der Waals surface area contributed by atoms with E-state index >= 15 is 0 Å². The summed E-state index contributed by atoms with van der Waals surface area (Å²) in [5.41, 5.74) is 0.985. The van der Waals surface area contributed by atoms with Crippen molar-refractivity contribution >= 4 is 16.7 Å². The number of unbranched alkanes of at least 4 members (excludes halogenated alkanes) is 4. The van der Waals surface area contributed by atoms with Crippen molar-refractivity contribution in [3.63, 3.8) is 0 Å². The molecule has 1 aromatic carbocycles. The van der Waals surface area contributed by atoms with E-state index in [1.807, 2.05) is 0 Å². The molecule has 0 saturated carbocycles. The van der Waals surface area contributed by atoms with Crippen LogP contribution in [0.15, 0.2) is 18.2 Å². The maximum atomic E-state index is 10.9. The van der Waals surface area contributed by atoms with Crippen molar-refractivity contribution in [2.24, 2.45) is 0 Å². The number of rotatable bonds is 7. The second-order valence-electron chi connectivity index (χ2n) is 4.61. The molecule has 0 aliphatic rings. The SMILES string of the molecule is CCCCCCCn1nc2cccc([N+](=O)[O-])c2n1. The van der Waals surface area contributed by atoms with E-state index in [4.69, 9.17) is 0 Å². The first-order chi connectivity index (χ1) is 9.22. The molecule has 0 aliphatic heterocycles. The molecule has 0 N–H and O–H groups in total. The van der Waals surface area contributed by atoms with Crippen LogP contribution in [-0.4, -0.2) is 19.9 Å². The van der Waals surface area contributed by atoms with Gasteiger partial charge in [-0.2, -0.15) is 9.90 Å². The van der Waals surface area contributed by atoms with Gasteiger partial charge in [0.1, 0.15) is 5.52 Å². The molecule has 0 unspecified atom stereocenters. The molecule has 19 heavy (non-hydrogen) atoms. The minimum absolute atomic E-state index is 0.0229. The molecule has 6 nitrogen and oxygen atoms in total. The summed E-state index contributed by atoms with van der Waals surface area (Å²) in [6.07, 6.45) is 5.84. The number of hydrogen-bond acceptors (Lipinski definition) is 4. The summed E-state index contributed by atoms with van der Waals surface area (Å²) in [7, 11) is 0. The molecule has 2 aromatic rings. The summed E-state index contributed by atoms with van der Waals surface area (Å²) in [6, 6.07) is 4.85. The Hall–Kier alpha value is -1.98. The number of hydrogen-bond donors (Lipinski definition) is 0. The third-order valence-corrected chi connectivity index (χ3v) is 3.09. The summed E-state index contributed by atoms with van der Waals surface area (Å²) in [4.78, 5) is 12.0. The molecule has 1 aromatic heterocycles. The molecule has 0 radical (unpaired) electrons. The lowest BCUT2D eigenvalue weighted by molar-refractivity contribution is -0.383. The molecule has 0 bridgehead atoms. The maximum absolute atomic E-state index is 10.9. The van der Waals surface area contributed by atoms with Crippen molar-refractivity contribution in [1.29, 1.82) is 0 Å². The molecule has 0 saturated heterocycles. The van der Waals surface area contributed by atoms with Gasteiger partial charge in [-0.1, -0.05) is 38.7 Å². The summed E-state index contributed by atoms with van der Waals surface area (Å²) >= 11 is 0. The third-order valence-electron chi connectivity index (χ3n) is 3.09. The van der Waals surface area contributed by atoms with Crippen LogP contribution >= 0.6 is 0 Å². The number of nitro groups is 1. The van der Waals surface area contributed by atoms with E-state index in [0.29, 0.717) is 11.0 Å². The molecule has 102 valence electrons. The molecule has 0 fully saturated rings. The average molecular weight is 262 g/mol. The third kappa shape index (κ3) is 3.27. The summed E-state index contributed by atoms with van der Waals surface area (Å²) in [5, 5.41) is 19.4. The van der Waals surface area contributed by atoms with Gasteiger partial charge in [0.25, 0.3) is 5.69 Å². The van der Waals surface area contributed by atoms with E-state index in [2.05, 4.69) is 17.1 Å². The van der Waals surface area contributed by atoms with Crippen molar-refractivity contribution in [3.8, 4) is 0 Å². The topological polar surface area (TPSA) is 73.8 Å². The normalized spacial score (nSPS) is 11.0. The van der Waals surface area contributed by atoms with E-state index < -0.39 is 4.92 Å². The van der Waals surface area contributed by atoms with Gasteiger partial charge in [-0.3, -0.25) is 10.1 Å². The van der Waals surface area contributed by atoms with Gasteiger partial charge >= 0.3 is 0 Å². The standard InChI is InChI=1S/C13H18N4O2/c1-2-3-4-5-6-10-16-14-11-8-7-9-12(17(18)19)13(11)15-16/h7-9H,2-6,10H2,1H3. The van der Waals surface area contributed by atoms with Gasteiger partial charge in [-0.05, 0) is 12.5 Å². The van der Waals surface area contributed by atoms with Crippen LogP contribution in [0.25, 0.3) is 11.0 Å². The first-order valence-electron chi connectivity index (χ1n) is 6.70. The van der Waals surface area contributed by atoms with Crippen LogP contribution in [0.1, 0.15) is 39.0 Å². The van der Waals surface area contributed by atoms with Crippen LogP contribution in [0.5, 0.6) is 0 Å². The number of nitro benzene ring substituents is 1. The van der Waals surface area contributed by atoms with E-state index in [-0.39, 0.29) is 5.69 Å². The fourth-order valence-electron chi connectivity index (χ4n) is 2.07. The minimum atomic E-state index is -0.414. The number of nitrogens with zero attached hydrogens (tertiary/aromatic N) is 4. The Labute approximate surface area is 111 Å². The first kappa shape index (κ1) is 13.5. The molecule has 0 spiro atoms. The highest BCUT2D eigenvalue weighted by atomic mass is 16.6. The zero-order valence-electron chi connectivity index (χ0n) is 11.1. The van der Waals surface area contributed by atoms with Crippen LogP contribution < -0.4 is 0 Å². The van der Waals surface area contributed by atoms with Crippen molar-refractivity contribution in [1.82, 2.24) is 15.0 Å². The fraction of sp³-hybridized carbons (Fsp3) is 0.538. The van der Waals surface area contributed by atoms with E-state index in [1.54, 1.807) is 16.9 Å². The molecular formula is C13H18N4O2. The fourth-order valence-corrected chi connectivity index (χ4v) is 2.07. The lowest BCUT2D eigenvalue weighted by atomic mass is 10.2. The molecule has 0 aliphatic carbocycles. The molecule has 0 atom stereocenters. The monoisotopic (exact) mass is 262 g/mol. The lowest BCUT2D eigenvalue weighted by Gasteiger charge is -1.99. The Kier molecular flexibility index (Phi) is 4.43. The van der Waals surface area contributed by atoms with Crippen LogP contribution in [0.4, 0.5) is 5.69 Å².